The fourth-order valence-corrected chi connectivity index (χ4v) is 4.13. The van der Waals surface area contributed by atoms with Gasteiger partial charge in [0.25, 0.3) is 11.8 Å². The molecule has 10 heteroatoms. The first-order chi connectivity index (χ1) is 13.4. The van der Waals surface area contributed by atoms with Crippen LogP contribution in [0.4, 0.5) is 0 Å². The van der Waals surface area contributed by atoms with Crippen molar-refractivity contribution < 1.29 is 14.4 Å². The van der Waals surface area contributed by atoms with Crippen LogP contribution in [0.25, 0.3) is 5.65 Å². The fraction of sp³-hybridized carbons (Fsp3) is 0.278. The molecule has 28 heavy (non-hydrogen) atoms. The van der Waals surface area contributed by atoms with Gasteiger partial charge in [0, 0.05) is 44.0 Å². The third kappa shape index (κ3) is 3.22. The summed E-state index contributed by atoms with van der Waals surface area (Å²) in [5, 5.41) is 5.84. The molecule has 0 spiro atoms. The van der Waals surface area contributed by atoms with Crippen LogP contribution >= 0.6 is 11.3 Å². The quantitative estimate of drug-likeness (QED) is 0.701. The first-order valence-electron chi connectivity index (χ1n) is 8.69. The number of likely N-dealkylation sites (tertiary alicyclic amines) is 1. The van der Waals surface area contributed by atoms with Gasteiger partial charge >= 0.3 is 0 Å². The molecule has 1 aliphatic rings. The van der Waals surface area contributed by atoms with Crippen molar-refractivity contribution >= 4 is 34.7 Å². The molecule has 0 radical (unpaired) electrons. The summed E-state index contributed by atoms with van der Waals surface area (Å²) in [7, 11) is 1.71. The number of aromatic nitrogens is 3. The summed E-state index contributed by atoms with van der Waals surface area (Å²) < 4.78 is 1.56. The Bertz CT molecular complexity index is 1040. The molecule has 4 rings (SSSR count). The van der Waals surface area contributed by atoms with Crippen LogP contribution in [0.15, 0.2) is 36.0 Å². The van der Waals surface area contributed by atoms with Gasteiger partial charge in [-0.2, -0.15) is 5.10 Å². The van der Waals surface area contributed by atoms with Gasteiger partial charge < -0.3 is 15.5 Å². The minimum absolute atomic E-state index is 0.106. The summed E-state index contributed by atoms with van der Waals surface area (Å²) in [6, 6.07) is 4.80. The van der Waals surface area contributed by atoms with Crippen molar-refractivity contribution in [3.8, 4) is 0 Å². The molecule has 3 aromatic heterocycles. The van der Waals surface area contributed by atoms with Crippen molar-refractivity contribution in [2.45, 2.75) is 12.5 Å². The van der Waals surface area contributed by atoms with Crippen LogP contribution in [0.2, 0.25) is 0 Å². The zero-order chi connectivity index (χ0) is 19.8. The molecule has 1 saturated heterocycles. The van der Waals surface area contributed by atoms with E-state index in [2.05, 4.69) is 10.1 Å². The smallest absolute Gasteiger partial charge is 0.274 e. The molecule has 0 aliphatic carbocycles. The maximum Gasteiger partial charge on any atom is 0.274 e. The predicted octanol–water partition coefficient (Wildman–Crippen LogP) is 0.876. The van der Waals surface area contributed by atoms with E-state index in [-0.39, 0.29) is 17.9 Å². The third-order valence-electron chi connectivity index (χ3n) is 4.87. The van der Waals surface area contributed by atoms with Gasteiger partial charge in [0.2, 0.25) is 5.91 Å². The molecule has 0 bridgehead atoms. The molecule has 1 aliphatic heterocycles. The van der Waals surface area contributed by atoms with Crippen LogP contribution in [0, 0.1) is 0 Å². The second-order valence-electron chi connectivity index (χ2n) is 6.63. The van der Waals surface area contributed by atoms with Crippen molar-refractivity contribution in [1.82, 2.24) is 24.4 Å². The number of carbonyl (C=O) groups is 3. The summed E-state index contributed by atoms with van der Waals surface area (Å²) in [6.07, 6.45) is 4.05. The van der Waals surface area contributed by atoms with E-state index in [1.807, 2.05) is 0 Å². The second kappa shape index (κ2) is 7.04. The number of amides is 3. The summed E-state index contributed by atoms with van der Waals surface area (Å²) in [5.74, 6) is -0.924. The summed E-state index contributed by atoms with van der Waals surface area (Å²) in [6.45, 7) is 0.968. The van der Waals surface area contributed by atoms with E-state index in [1.54, 1.807) is 51.3 Å². The number of hydrogen-bond acceptors (Lipinski definition) is 6. The number of carbonyl (C=O) groups excluding carboxylic acids is 3. The van der Waals surface area contributed by atoms with E-state index in [9.17, 15) is 14.4 Å². The minimum atomic E-state index is -0.558. The Kier molecular flexibility index (Phi) is 4.55. The number of likely N-dealkylation sites (N-methyl/N-ethyl adjacent to an activating group) is 1. The van der Waals surface area contributed by atoms with E-state index in [1.165, 1.54) is 17.4 Å². The lowest BCUT2D eigenvalue weighted by Crippen LogP contribution is -2.39. The molecular formula is C18H18N6O3S. The molecule has 3 aromatic rings. The lowest BCUT2D eigenvalue weighted by molar-refractivity contribution is 0.0702. The molecule has 1 atom stereocenters. The average molecular weight is 398 g/mol. The lowest BCUT2D eigenvalue weighted by atomic mass is 10.2. The zero-order valence-corrected chi connectivity index (χ0v) is 15.9. The molecular weight excluding hydrogens is 380 g/mol. The molecule has 144 valence electrons. The standard InChI is InChI=1S/C18H18N6O3S/c1-22(18(27)14-7-11(10-28-14)16(19)25)12-3-6-23(9-12)17(26)13-8-15-20-4-2-5-24(15)21-13/h2,4-5,7-8,10,12H,3,6,9H2,1H3,(H2,19,25). The Hall–Kier alpha value is -3.27. The van der Waals surface area contributed by atoms with Crippen LogP contribution in [0.5, 0.6) is 0 Å². The van der Waals surface area contributed by atoms with Crippen molar-refractivity contribution in [2.75, 3.05) is 20.1 Å². The van der Waals surface area contributed by atoms with E-state index in [0.29, 0.717) is 41.3 Å². The van der Waals surface area contributed by atoms with E-state index >= 15 is 0 Å². The highest BCUT2D eigenvalue weighted by molar-refractivity contribution is 7.12. The van der Waals surface area contributed by atoms with Gasteiger partial charge in [0.15, 0.2) is 11.3 Å². The highest BCUT2D eigenvalue weighted by atomic mass is 32.1. The number of nitrogens with two attached hydrogens (primary N) is 1. The highest BCUT2D eigenvalue weighted by Crippen LogP contribution is 2.22. The summed E-state index contributed by atoms with van der Waals surface area (Å²) in [5.41, 5.74) is 6.51. The van der Waals surface area contributed by atoms with Gasteiger partial charge in [-0.15, -0.1) is 11.3 Å². The molecule has 1 unspecified atom stereocenters. The highest BCUT2D eigenvalue weighted by Gasteiger charge is 2.33. The Morgan fingerprint density at radius 1 is 1.32 bits per heavy atom. The van der Waals surface area contributed by atoms with Crippen molar-refractivity contribution in [3.05, 3.63) is 52.1 Å². The molecule has 0 aromatic carbocycles. The molecule has 4 heterocycles. The van der Waals surface area contributed by atoms with E-state index in [0.717, 1.165) is 0 Å². The third-order valence-corrected chi connectivity index (χ3v) is 5.79. The molecule has 9 nitrogen and oxygen atoms in total. The minimum Gasteiger partial charge on any atom is -0.366 e. The van der Waals surface area contributed by atoms with Gasteiger partial charge in [-0.3, -0.25) is 14.4 Å². The van der Waals surface area contributed by atoms with Gasteiger partial charge in [-0.1, -0.05) is 0 Å². The van der Waals surface area contributed by atoms with E-state index < -0.39 is 5.91 Å². The van der Waals surface area contributed by atoms with Crippen molar-refractivity contribution in [3.63, 3.8) is 0 Å². The van der Waals surface area contributed by atoms with E-state index in [4.69, 9.17) is 5.73 Å². The lowest BCUT2D eigenvalue weighted by Gasteiger charge is -2.24. The zero-order valence-electron chi connectivity index (χ0n) is 15.1. The Morgan fingerprint density at radius 2 is 2.14 bits per heavy atom. The first-order valence-corrected chi connectivity index (χ1v) is 9.57. The van der Waals surface area contributed by atoms with Gasteiger partial charge in [-0.05, 0) is 18.6 Å². The van der Waals surface area contributed by atoms with Crippen LogP contribution in [-0.4, -0.2) is 68.3 Å². The molecule has 3 amide bonds. The Labute approximate surface area is 164 Å². The normalized spacial score (nSPS) is 16.5. The average Bonchev–Trinajstić information content (AvgIpc) is 3.44. The molecule has 1 fully saturated rings. The van der Waals surface area contributed by atoms with Crippen LogP contribution in [0.3, 0.4) is 0 Å². The van der Waals surface area contributed by atoms with Gasteiger partial charge in [0.1, 0.15) is 0 Å². The fourth-order valence-electron chi connectivity index (χ4n) is 3.26. The van der Waals surface area contributed by atoms with Crippen molar-refractivity contribution in [1.29, 1.82) is 0 Å². The number of primary amides is 1. The molecule has 0 saturated carbocycles. The van der Waals surface area contributed by atoms with Gasteiger partial charge in [-0.25, -0.2) is 9.50 Å². The SMILES string of the molecule is CN(C(=O)c1cc(C(N)=O)cs1)C1CCN(C(=O)c2cc3ncccn3n2)C1. The Morgan fingerprint density at radius 3 is 2.86 bits per heavy atom. The number of hydrogen-bond donors (Lipinski definition) is 1. The summed E-state index contributed by atoms with van der Waals surface area (Å²) >= 11 is 1.19. The monoisotopic (exact) mass is 398 g/mol. The van der Waals surface area contributed by atoms with Crippen molar-refractivity contribution in [2.24, 2.45) is 5.73 Å². The van der Waals surface area contributed by atoms with Crippen LogP contribution in [-0.2, 0) is 0 Å². The number of rotatable bonds is 4. The largest absolute Gasteiger partial charge is 0.366 e. The Balaban J connectivity index is 1.44. The maximum absolute atomic E-state index is 12.8. The predicted molar refractivity (Wildman–Crippen MR) is 102 cm³/mol. The first kappa shape index (κ1) is 18.1. The topological polar surface area (TPSA) is 114 Å². The van der Waals surface area contributed by atoms with Gasteiger partial charge in [0.05, 0.1) is 16.5 Å². The second-order valence-corrected chi connectivity index (χ2v) is 7.54. The maximum atomic E-state index is 12.8. The number of thiophene rings is 1. The molecule has 2 N–H and O–H groups in total. The number of fused-ring (bicyclic) bond motifs is 1. The van der Waals surface area contributed by atoms with Crippen LogP contribution in [0.1, 0.15) is 36.9 Å². The van der Waals surface area contributed by atoms with Crippen LogP contribution < -0.4 is 5.73 Å². The number of nitrogens with zero attached hydrogens (tertiary/aromatic N) is 5. The summed E-state index contributed by atoms with van der Waals surface area (Å²) in [4.78, 5) is 44.6.